The lowest BCUT2D eigenvalue weighted by Gasteiger charge is -2.19. The van der Waals surface area contributed by atoms with Gasteiger partial charge < -0.3 is 10.2 Å². The molecule has 0 aliphatic heterocycles. The fourth-order valence-electron chi connectivity index (χ4n) is 1.04. The molecular weight excluding hydrogens is 188 g/mol. The molecule has 0 saturated heterocycles. The van der Waals surface area contributed by atoms with Crippen LogP contribution in [0.15, 0.2) is 12.3 Å². The summed E-state index contributed by atoms with van der Waals surface area (Å²) < 4.78 is 0. The maximum Gasteiger partial charge on any atom is 0.226 e. The zero-order valence-corrected chi connectivity index (χ0v) is 10.2. The Balaban J connectivity index is 2.73. The summed E-state index contributed by atoms with van der Waals surface area (Å²) in [5.41, 5.74) is 0. The minimum absolute atomic E-state index is 0.412. The van der Waals surface area contributed by atoms with Gasteiger partial charge in [-0.1, -0.05) is 13.8 Å². The molecule has 1 N–H and O–H groups in total. The molecule has 0 amide bonds. The van der Waals surface area contributed by atoms with E-state index in [-0.39, 0.29) is 0 Å². The summed E-state index contributed by atoms with van der Waals surface area (Å²) in [6, 6.07) is 2.31. The highest BCUT2D eigenvalue weighted by Crippen LogP contribution is 2.12. The van der Waals surface area contributed by atoms with Crippen LogP contribution in [-0.4, -0.2) is 30.1 Å². The van der Waals surface area contributed by atoms with E-state index in [0.717, 1.165) is 11.8 Å². The Hall–Kier alpha value is -1.32. The van der Waals surface area contributed by atoms with Crippen LogP contribution in [0.5, 0.6) is 0 Å². The van der Waals surface area contributed by atoms with Gasteiger partial charge >= 0.3 is 0 Å². The first-order valence-corrected chi connectivity index (χ1v) is 5.27. The van der Waals surface area contributed by atoms with Crippen LogP contribution < -0.4 is 10.2 Å². The molecule has 1 rings (SSSR count). The van der Waals surface area contributed by atoms with Gasteiger partial charge in [-0.05, 0) is 18.9 Å². The third-order valence-electron chi connectivity index (χ3n) is 2.42. The van der Waals surface area contributed by atoms with Crippen molar-refractivity contribution in [1.29, 1.82) is 0 Å². The van der Waals surface area contributed by atoms with E-state index in [1.165, 1.54) is 0 Å². The molecule has 0 fully saturated rings. The van der Waals surface area contributed by atoms with E-state index in [2.05, 4.69) is 36.1 Å². The maximum absolute atomic E-state index is 4.40. The molecule has 0 aliphatic rings. The van der Waals surface area contributed by atoms with Crippen LogP contribution in [0.1, 0.15) is 20.8 Å². The summed E-state index contributed by atoms with van der Waals surface area (Å²) in [7, 11) is 3.87. The molecule has 84 valence electrons. The van der Waals surface area contributed by atoms with Crippen LogP contribution in [0.2, 0.25) is 0 Å². The largest absolute Gasteiger partial charge is 0.367 e. The first-order valence-electron chi connectivity index (χ1n) is 5.27. The van der Waals surface area contributed by atoms with Gasteiger partial charge in [0.2, 0.25) is 5.95 Å². The molecule has 0 radical (unpaired) electrons. The molecular formula is C11H20N4. The molecule has 0 saturated carbocycles. The Kier molecular flexibility index (Phi) is 3.88. The lowest BCUT2D eigenvalue weighted by Crippen LogP contribution is -2.23. The Bertz CT molecular complexity index is 309. The van der Waals surface area contributed by atoms with Gasteiger partial charge in [-0.2, -0.15) is 4.98 Å². The van der Waals surface area contributed by atoms with Crippen molar-refractivity contribution in [2.24, 2.45) is 5.92 Å². The number of nitrogens with one attached hydrogen (secondary N) is 1. The van der Waals surface area contributed by atoms with Gasteiger partial charge in [0.25, 0.3) is 0 Å². The van der Waals surface area contributed by atoms with Crippen molar-refractivity contribution in [1.82, 2.24) is 9.97 Å². The summed E-state index contributed by atoms with van der Waals surface area (Å²) in [6.45, 7) is 6.53. The normalized spacial score (nSPS) is 12.7. The molecule has 1 heterocycles. The summed E-state index contributed by atoms with van der Waals surface area (Å²) in [5, 5.41) is 3.36. The summed E-state index contributed by atoms with van der Waals surface area (Å²) in [4.78, 5) is 10.5. The molecule has 4 heteroatoms. The molecule has 1 atom stereocenters. The zero-order valence-electron chi connectivity index (χ0n) is 10.2. The van der Waals surface area contributed by atoms with E-state index in [4.69, 9.17) is 0 Å². The number of rotatable bonds is 4. The Labute approximate surface area is 91.7 Å². The number of aromatic nitrogens is 2. The first-order chi connectivity index (χ1) is 7.00. The molecule has 0 aromatic carbocycles. The quantitative estimate of drug-likeness (QED) is 0.821. The second kappa shape index (κ2) is 4.96. The van der Waals surface area contributed by atoms with E-state index in [1.54, 1.807) is 6.20 Å². The number of anilines is 2. The van der Waals surface area contributed by atoms with Gasteiger partial charge in [-0.3, -0.25) is 0 Å². The van der Waals surface area contributed by atoms with Gasteiger partial charge in [0.15, 0.2) is 0 Å². The number of hydrogen-bond acceptors (Lipinski definition) is 4. The molecule has 1 aromatic heterocycles. The van der Waals surface area contributed by atoms with Crippen LogP contribution in [0.25, 0.3) is 0 Å². The van der Waals surface area contributed by atoms with Crippen molar-refractivity contribution >= 4 is 11.8 Å². The minimum atomic E-state index is 0.412. The second-order valence-electron chi connectivity index (χ2n) is 4.31. The fourth-order valence-corrected chi connectivity index (χ4v) is 1.04. The third kappa shape index (κ3) is 3.38. The summed E-state index contributed by atoms with van der Waals surface area (Å²) >= 11 is 0. The van der Waals surface area contributed by atoms with Crippen LogP contribution in [0.4, 0.5) is 11.8 Å². The van der Waals surface area contributed by atoms with Crippen LogP contribution in [-0.2, 0) is 0 Å². The van der Waals surface area contributed by atoms with Gasteiger partial charge in [-0.25, -0.2) is 4.98 Å². The highest BCUT2D eigenvalue weighted by atomic mass is 15.2. The molecule has 1 unspecified atom stereocenters. The molecule has 15 heavy (non-hydrogen) atoms. The molecule has 4 nitrogen and oxygen atoms in total. The van der Waals surface area contributed by atoms with Crippen molar-refractivity contribution in [3.63, 3.8) is 0 Å². The van der Waals surface area contributed by atoms with Gasteiger partial charge in [0.1, 0.15) is 5.82 Å². The predicted octanol–water partition coefficient (Wildman–Crippen LogP) is 2.00. The molecule has 0 spiro atoms. The highest BCUT2D eigenvalue weighted by Gasteiger charge is 2.08. The van der Waals surface area contributed by atoms with Crippen molar-refractivity contribution in [2.75, 3.05) is 24.3 Å². The van der Waals surface area contributed by atoms with E-state index in [9.17, 15) is 0 Å². The van der Waals surface area contributed by atoms with Crippen LogP contribution in [0, 0.1) is 5.92 Å². The van der Waals surface area contributed by atoms with Gasteiger partial charge in [-0.15, -0.1) is 0 Å². The predicted molar refractivity (Wildman–Crippen MR) is 64.3 cm³/mol. The Morgan fingerprint density at radius 1 is 1.27 bits per heavy atom. The molecule has 0 bridgehead atoms. The fraction of sp³-hybridized carbons (Fsp3) is 0.636. The van der Waals surface area contributed by atoms with Crippen LogP contribution >= 0.6 is 0 Å². The maximum atomic E-state index is 4.40. The monoisotopic (exact) mass is 208 g/mol. The van der Waals surface area contributed by atoms with Crippen molar-refractivity contribution in [3.05, 3.63) is 12.3 Å². The van der Waals surface area contributed by atoms with Gasteiger partial charge in [0, 0.05) is 26.3 Å². The summed E-state index contributed by atoms with van der Waals surface area (Å²) in [5.74, 6) is 2.20. The van der Waals surface area contributed by atoms with Gasteiger partial charge in [0.05, 0.1) is 0 Å². The third-order valence-corrected chi connectivity index (χ3v) is 2.42. The number of hydrogen-bond donors (Lipinski definition) is 1. The molecule has 1 aromatic rings. The van der Waals surface area contributed by atoms with E-state index in [0.29, 0.717) is 12.0 Å². The standard InChI is InChI=1S/C11H20N4/c1-8(2)9(3)13-10-6-7-12-11(14-10)15(4)5/h6-9H,1-5H3,(H,12,13,14). The highest BCUT2D eigenvalue weighted by molar-refractivity contribution is 5.40. The average molecular weight is 208 g/mol. The Morgan fingerprint density at radius 2 is 1.93 bits per heavy atom. The smallest absolute Gasteiger partial charge is 0.226 e. The minimum Gasteiger partial charge on any atom is -0.367 e. The van der Waals surface area contributed by atoms with Crippen molar-refractivity contribution in [3.8, 4) is 0 Å². The lowest BCUT2D eigenvalue weighted by atomic mass is 10.1. The SMILES string of the molecule is CC(C)C(C)Nc1ccnc(N(C)C)n1. The van der Waals surface area contributed by atoms with E-state index >= 15 is 0 Å². The van der Waals surface area contributed by atoms with E-state index < -0.39 is 0 Å². The van der Waals surface area contributed by atoms with Crippen LogP contribution in [0.3, 0.4) is 0 Å². The first kappa shape index (κ1) is 11.8. The lowest BCUT2D eigenvalue weighted by molar-refractivity contribution is 0.558. The molecule has 0 aliphatic carbocycles. The topological polar surface area (TPSA) is 41.1 Å². The second-order valence-corrected chi connectivity index (χ2v) is 4.31. The van der Waals surface area contributed by atoms with Crippen molar-refractivity contribution < 1.29 is 0 Å². The summed E-state index contributed by atoms with van der Waals surface area (Å²) in [6.07, 6.45) is 1.78. The zero-order chi connectivity index (χ0) is 11.4. The Morgan fingerprint density at radius 3 is 2.47 bits per heavy atom. The van der Waals surface area contributed by atoms with Crippen molar-refractivity contribution in [2.45, 2.75) is 26.8 Å². The van der Waals surface area contributed by atoms with E-state index in [1.807, 2.05) is 25.1 Å². The number of nitrogens with zero attached hydrogens (tertiary/aromatic N) is 3. The average Bonchev–Trinajstić information content (AvgIpc) is 2.18.